The van der Waals surface area contributed by atoms with E-state index in [1.807, 2.05) is 0 Å². The third kappa shape index (κ3) is 5.48. The first-order valence-corrected chi connectivity index (χ1v) is 13.9. The van der Waals surface area contributed by atoms with E-state index in [2.05, 4.69) is 0 Å². The van der Waals surface area contributed by atoms with Gasteiger partial charge >= 0.3 is 5.97 Å². The number of ether oxygens (including phenoxy) is 1. The molecule has 0 N–H and O–H groups in total. The van der Waals surface area contributed by atoms with Crippen LogP contribution in [-0.2, 0) is 9.59 Å². The van der Waals surface area contributed by atoms with Crippen molar-refractivity contribution in [2.45, 2.75) is 25.7 Å². The second-order valence-electron chi connectivity index (χ2n) is 9.29. The van der Waals surface area contributed by atoms with Crippen molar-refractivity contribution >= 4 is 64.0 Å². The van der Waals surface area contributed by atoms with E-state index < -0.39 is 47.9 Å². The molecule has 2 heterocycles. The number of imide groups is 1. The standard InChI is InChI=1S/C28H22Cl2N2O6S/c29-17-9-12-21(22(30)14-17)25(34)31(32-26(35)19-4-1-2-5-20(19)27(32)36)15-23(33)16-7-10-18(11-8-16)38-28(37)24-6-3-13-39-24/h3,6-14,19-20H,1-2,4-5,15H2/t19-,20+. The summed E-state index contributed by atoms with van der Waals surface area (Å²) in [6.45, 7) is -0.580. The summed E-state index contributed by atoms with van der Waals surface area (Å²) in [6, 6.07) is 13.4. The summed E-state index contributed by atoms with van der Waals surface area (Å²) in [7, 11) is 0. The SMILES string of the molecule is O=C(CN(C(=O)c1ccc(Cl)cc1Cl)N1C(=O)[C@H]2CCCC[C@H]2C1=O)c1ccc(OC(=O)c2cccs2)cc1. The van der Waals surface area contributed by atoms with Gasteiger partial charge in [0.05, 0.1) is 22.4 Å². The third-order valence-corrected chi connectivity index (χ3v) is 8.26. The molecule has 2 atom stereocenters. The van der Waals surface area contributed by atoms with Gasteiger partial charge in [-0.15, -0.1) is 11.3 Å². The molecule has 1 saturated heterocycles. The Morgan fingerprint density at radius 1 is 0.949 bits per heavy atom. The van der Waals surface area contributed by atoms with Gasteiger partial charge in [0.2, 0.25) is 0 Å². The number of hydrazine groups is 1. The molecule has 2 aromatic carbocycles. The monoisotopic (exact) mass is 584 g/mol. The quantitative estimate of drug-likeness (QED) is 0.153. The number of hydrogen-bond donors (Lipinski definition) is 0. The van der Waals surface area contributed by atoms with Crippen LogP contribution in [0.3, 0.4) is 0 Å². The number of ketones is 1. The van der Waals surface area contributed by atoms with Crippen LogP contribution in [0.2, 0.25) is 10.0 Å². The Labute approximate surface area is 238 Å². The molecule has 1 aliphatic heterocycles. The number of fused-ring (bicyclic) bond motifs is 1. The number of amides is 3. The first-order chi connectivity index (χ1) is 18.7. The van der Waals surface area contributed by atoms with Gasteiger partial charge in [-0.3, -0.25) is 19.2 Å². The average molecular weight is 585 g/mol. The largest absolute Gasteiger partial charge is 0.422 e. The highest BCUT2D eigenvalue weighted by atomic mass is 35.5. The molecule has 0 bridgehead atoms. The molecule has 200 valence electrons. The second-order valence-corrected chi connectivity index (χ2v) is 11.1. The van der Waals surface area contributed by atoms with Crippen LogP contribution in [0, 0.1) is 11.8 Å². The van der Waals surface area contributed by atoms with E-state index in [-0.39, 0.29) is 21.9 Å². The highest BCUT2D eigenvalue weighted by Crippen LogP contribution is 2.39. The Hall–Kier alpha value is -3.53. The van der Waals surface area contributed by atoms with Crippen molar-refractivity contribution in [3.63, 3.8) is 0 Å². The molecule has 11 heteroatoms. The van der Waals surface area contributed by atoms with Crippen molar-refractivity contribution in [2.75, 3.05) is 6.54 Å². The van der Waals surface area contributed by atoms with Crippen molar-refractivity contribution in [1.82, 2.24) is 10.0 Å². The summed E-state index contributed by atoms with van der Waals surface area (Å²) in [5, 5.41) is 3.79. The zero-order valence-electron chi connectivity index (χ0n) is 20.5. The van der Waals surface area contributed by atoms with E-state index in [4.69, 9.17) is 27.9 Å². The van der Waals surface area contributed by atoms with Gasteiger partial charge < -0.3 is 4.74 Å². The maximum atomic E-state index is 13.7. The lowest BCUT2D eigenvalue weighted by molar-refractivity contribution is -0.154. The minimum Gasteiger partial charge on any atom is -0.422 e. The third-order valence-electron chi connectivity index (χ3n) is 6.86. The maximum Gasteiger partial charge on any atom is 0.353 e. The first kappa shape index (κ1) is 27.1. The Kier molecular flexibility index (Phi) is 7.83. The zero-order valence-corrected chi connectivity index (χ0v) is 22.8. The minimum absolute atomic E-state index is 0.000163. The Bertz CT molecular complexity index is 1430. The molecule has 0 radical (unpaired) electrons. The van der Waals surface area contributed by atoms with Gasteiger partial charge in [0.25, 0.3) is 17.7 Å². The second kappa shape index (κ2) is 11.3. The van der Waals surface area contributed by atoms with Gasteiger partial charge in [0.15, 0.2) is 5.78 Å². The molecular formula is C28H22Cl2N2O6S. The minimum atomic E-state index is -0.771. The van der Waals surface area contributed by atoms with Gasteiger partial charge in [0, 0.05) is 10.6 Å². The summed E-state index contributed by atoms with van der Waals surface area (Å²) < 4.78 is 5.33. The molecule has 39 heavy (non-hydrogen) atoms. The van der Waals surface area contributed by atoms with Gasteiger partial charge in [-0.05, 0) is 66.8 Å². The van der Waals surface area contributed by atoms with Crippen LogP contribution in [0.15, 0.2) is 60.0 Å². The van der Waals surface area contributed by atoms with Gasteiger partial charge in [-0.2, -0.15) is 5.01 Å². The lowest BCUT2D eigenvalue weighted by Crippen LogP contribution is -2.52. The molecule has 3 amide bonds. The van der Waals surface area contributed by atoms with Crippen molar-refractivity contribution < 1.29 is 28.7 Å². The zero-order chi connectivity index (χ0) is 27.7. The van der Waals surface area contributed by atoms with E-state index in [0.29, 0.717) is 22.7 Å². The molecule has 1 aliphatic carbocycles. The van der Waals surface area contributed by atoms with Crippen molar-refractivity contribution in [1.29, 1.82) is 0 Å². The van der Waals surface area contributed by atoms with E-state index in [9.17, 15) is 24.0 Å². The molecule has 3 aromatic rings. The number of carbonyl (C=O) groups is 5. The lowest BCUT2D eigenvalue weighted by atomic mass is 9.81. The van der Waals surface area contributed by atoms with Crippen LogP contribution >= 0.6 is 34.5 Å². The highest BCUT2D eigenvalue weighted by Gasteiger charge is 2.52. The van der Waals surface area contributed by atoms with Gasteiger partial charge in [-0.1, -0.05) is 42.1 Å². The molecule has 0 spiro atoms. The molecular weight excluding hydrogens is 563 g/mol. The molecule has 2 fully saturated rings. The molecule has 0 unspecified atom stereocenters. The Balaban J connectivity index is 1.40. The fourth-order valence-electron chi connectivity index (χ4n) is 4.91. The number of rotatable bonds is 7. The lowest BCUT2D eigenvalue weighted by Gasteiger charge is -2.30. The number of hydrogen-bond acceptors (Lipinski definition) is 7. The first-order valence-electron chi connectivity index (χ1n) is 12.3. The molecule has 1 saturated carbocycles. The predicted molar refractivity (Wildman–Crippen MR) is 145 cm³/mol. The van der Waals surface area contributed by atoms with Crippen molar-refractivity contribution in [3.05, 3.63) is 86.0 Å². The van der Waals surface area contributed by atoms with Crippen LogP contribution in [-0.4, -0.2) is 46.0 Å². The summed E-state index contributed by atoms with van der Waals surface area (Å²) >= 11 is 13.5. The normalized spacial score (nSPS) is 18.6. The fraction of sp³-hybridized carbons (Fsp3) is 0.250. The van der Waals surface area contributed by atoms with Crippen LogP contribution in [0.1, 0.15) is 56.1 Å². The van der Waals surface area contributed by atoms with E-state index in [1.54, 1.807) is 17.5 Å². The summed E-state index contributed by atoms with van der Waals surface area (Å²) in [5.41, 5.74) is 0.197. The number of Topliss-reactive ketones (excluding diaryl/α,β-unsaturated/α-hetero) is 1. The summed E-state index contributed by atoms with van der Waals surface area (Å²) in [6.07, 6.45) is 2.73. The predicted octanol–water partition coefficient (Wildman–Crippen LogP) is 5.69. The summed E-state index contributed by atoms with van der Waals surface area (Å²) in [5.74, 6) is -3.61. The van der Waals surface area contributed by atoms with Gasteiger partial charge in [-0.25, -0.2) is 9.80 Å². The molecule has 5 rings (SSSR count). The fourth-order valence-corrected chi connectivity index (χ4v) is 5.99. The smallest absolute Gasteiger partial charge is 0.353 e. The van der Waals surface area contributed by atoms with Crippen molar-refractivity contribution in [3.8, 4) is 5.75 Å². The number of carbonyl (C=O) groups excluding carboxylic acids is 5. The van der Waals surface area contributed by atoms with Crippen LogP contribution in [0.4, 0.5) is 0 Å². The van der Waals surface area contributed by atoms with Gasteiger partial charge in [0.1, 0.15) is 17.2 Å². The van der Waals surface area contributed by atoms with E-state index >= 15 is 0 Å². The Morgan fingerprint density at radius 2 is 1.62 bits per heavy atom. The number of benzene rings is 2. The number of nitrogens with zero attached hydrogens (tertiary/aromatic N) is 2. The maximum absolute atomic E-state index is 13.7. The highest BCUT2D eigenvalue weighted by molar-refractivity contribution is 7.12. The number of esters is 1. The molecule has 1 aromatic heterocycles. The molecule has 2 aliphatic rings. The molecule has 8 nitrogen and oxygen atoms in total. The Morgan fingerprint density at radius 3 is 2.21 bits per heavy atom. The van der Waals surface area contributed by atoms with Crippen LogP contribution < -0.4 is 4.74 Å². The van der Waals surface area contributed by atoms with Crippen LogP contribution in [0.5, 0.6) is 5.75 Å². The average Bonchev–Trinajstić information content (AvgIpc) is 3.55. The van der Waals surface area contributed by atoms with E-state index in [0.717, 1.165) is 22.9 Å². The van der Waals surface area contributed by atoms with E-state index in [1.165, 1.54) is 53.8 Å². The summed E-state index contributed by atoms with van der Waals surface area (Å²) in [4.78, 5) is 66.3. The van der Waals surface area contributed by atoms with Crippen molar-refractivity contribution in [2.24, 2.45) is 11.8 Å². The van der Waals surface area contributed by atoms with Crippen LogP contribution in [0.25, 0.3) is 0 Å². The number of thiophene rings is 1. The number of halogens is 2. The topological polar surface area (TPSA) is 101 Å².